The van der Waals surface area contributed by atoms with Crippen molar-refractivity contribution in [2.45, 2.75) is 12.3 Å². The van der Waals surface area contributed by atoms with Crippen LogP contribution in [0.2, 0.25) is 0 Å². The van der Waals surface area contributed by atoms with Gasteiger partial charge >= 0.3 is 12.4 Å². The Balaban J connectivity index is 1.48. The Morgan fingerprint density at radius 2 is 1.97 bits per heavy atom. The second-order valence-electron chi connectivity index (χ2n) is 6.92. The molecule has 1 atom stereocenters. The molecule has 1 N–H and O–H groups in total. The Morgan fingerprint density at radius 3 is 2.71 bits per heavy atom. The van der Waals surface area contributed by atoms with Crippen LogP contribution in [0.5, 0.6) is 0 Å². The largest absolute Gasteiger partial charge is 0.504 e. The highest BCUT2D eigenvalue weighted by molar-refractivity contribution is 5.93. The van der Waals surface area contributed by atoms with Crippen LogP contribution in [0, 0.1) is 5.82 Å². The molecule has 0 unspecified atom stereocenters. The number of H-pyrrole nitrogens is 1. The number of amides is 1. The van der Waals surface area contributed by atoms with Crippen LogP contribution in [0.4, 0.5) is 28.0 Å². The van der Waals surface area contributed by atoms with Crippen molar-refractivity contribution in [1.29, 1.82) is 0 Å². The summed E-state index contributed by atoms with van der Waals surface area (Å²) in [6, 6.07) is 9.49. The topological polar surface area (TPSA) is 76.0 Å². The van der Waals surface area contributed by atoms with Gasteiger partial charge in [-0.2, -0.15) is 9.78 Å². The Hall–Kier alpha value is -3.89. The lowest BCUT2D eigenvalue weighted by molar-refractivity contribution is -0.212. The van der Waals surface area contributed by atoms with Gasteiger partial charge in [0, 0.05) is 17.3 Å². The number of benzene rings is 2. The molecular formula is C20H13F4N5O2. The van der Waals surface area contributed by atoms with Crippen molar-refractivity contribution in [2.24, 2.45) is 0 Å². The SMILES string of the molecule is O=C1OC[C@H](c2ccc(-c3ccn(C(F)(F)F)n3)cc2F)N1c1ccc2nc[nH]c2c1. The van der Waals surface area contributed by atoms with Crippen LogP contribution in [0.1, 0.15) is 11.6 Å². The van der Waals surface area contributed by atoms with Crippen LogP contribution in [-0.2, 0) is 11.0 Å². The number of nitrogens with one attached hydrogen (secondary N) is 1. The van der Waals surface area contributed by atoms with E-state index in [1.807, 2.05) is 0 Å². The molecule has 158 valence electrons. The quantitative estimate of drug-likeness (QED) is 0.476. The van der Waals surface area contributed by atoms with Crippen LogP contribution >= 0.6 is 0 Å². The van der Waals surface area contributed by atoms with Crippen LogP contribution < -0.4 is 4.90 Å². The molecule has 0 bridgehead atoms. The summed E-state index contributed by atoms with van der Waals surface area (Å²) < 4.78 is 58.2. The van der Waals surface area contributed by atoms with E-state index in [1.165, 1.54) is 23.4 Å². The summed E-state index contributed by atoms with van der Waals surface area (Å²) in [5.41, 5.74) is 2.24. The number of aromatic nitrogens is 4. The number of fused-ring (bicyclic) bond motifs is 1. The molecule has 0 aliphatic carbocycles. The lowest BCUT2D eigenvalue weighted by Crippen LogP contribution is -2.27. The van der Waals surface area contributed by atoms with Gasteiger partial charge in [-0.15, -0.1) is 13.2 Å². The van der Waals surface area contributed by atoms with Crippen LogP contribution in [0.25, 0.3) is 22.3 Å². The fourth-order valence-electron chi connectivity index (χ4n) is 3.58. The maximum absolute atomic E-state index is 15.0. The Kier molecular flexibility index (Phi) is 4.20. The van der Waals surface area contributed by atoms with Crippen molar-refractivity contribution in [3.8, 4) is 11.3 Å². The second kappa shape index (κ2) is 6.83. The lowest BCUT2D eigenvalue weighted by atomic mass is 10.0. The van der Waals surface area contributed by atoms with Gasteiger partial charge in [0.25, 0.3) is 0 Å². The second-order valence-corrected chi connectivity index (χ2v) is 6.92. The van der Waals surface area contributed by atoms with Gasteiger partial charge in [0.2, 0.25) is 0 Å². The van der Waals surface area contributed by atoms with E-state index in [-0.39, 0.29) is 28.1 Å². The fraction of sp³-hybridized carbons (Fsp3) is 0.150. The predicted octanol–water partition coefficient (Wildman–Crippen LogP) is 4.74. The van der Waals surface area contributed by atoms with Gasteiger partial charge < -0.3 is 9.72 Å². The molecule has 1 saturated heterocycles. The first-order valence-corrected chi connectivity index (χ1v) is 9.13. The first kappa shape index (κ1) is 19.1. The molecule has 2 aromatic carbocycles. The first-order chi connectivity index (χ1) is 14.8. The lowest BCUT2D eigenvalue weighted by Gasteiger charge is -2.22. The molecule has 0 spiro atoms. The van der Waals surface area contributed by atoms with Crippen molar-refractivity contribution in [3.63, 3.8) is 0 Å². The van der Waals surface area contributed by atoms with Crippen molar-refractivity contribution >= 4 is 22.8 Å². The molecule has 0 saturated carbocycles. The molecule has 1 fully saturated rings. The first-order valence-electron chi connectivity index (χ1n) is 9.13. The summed E-state index contributed by atoms with van der Waals surface area (Å²) in [5.74, 6) is -0.685. The average molecular weight is 431 g/mol. The summed E-state index contributed by atoms with van der Waals surface area (Å²) in [7, 11) is 0. The zero-order valence-electron chi connectivity index (χ0n) is 15.6. The average Bonchev–Trinajstić information content (AvgIpc) is 3.46. The van der Waals surface area contributed by atoms with Crippen molar-refractivity contribution in [1.82, 2.24) is 19.7 Å². The number of carbonyl (C=O) groups is 1. The highest BCUT2D eigenvalue weighted by Gasteiger charge is 2.37. The smallest absolute Gasteiger partial charge is 0.447 e. The predicted molar refractivity (Wildman–Crippen MR) is 102 cm³/mol. The van der Waals surface area contributed by atoms with E-state index in [1.54, 1.807) is 18.2 Å². The van der Waals surface area contributed by atoms with Gasteiger partial charge in [0.1, 0.15) is 18.5 Å². The van der Waals surface area contributed by atoms with E-state index in [0.29, 0.717) is 16.7 Å². The van der Waals surface area contributed by atoms with Crippen molar-refractivity contribution in [2.75, 3.05) is 11.5 Å². The number of hydrogen-bond donors (Lipinski definition) is 1. The summed E-state index contributed by atoms with van der Waals surface area (Å²) in [6.07, 6.45) is -3.00. The number of halogens is 4. The van der Waals surface area contributed by atoms with Gasteiger partial charge in [0.15, 0.2) is 0 Å². The number of aromatic amines is 1. The molecule has 1 aliphatic heterocycles. The number of anilines is 1. The number of ether oxygens (including phenoxy) is 1. The van der Waals surface area contributed by atoms with Crippen LogP contribution in [0.3, 0.4) is 0 Å². The number of nitrogens with zero attached hydrogens (tertiary/aromatic N) is 4. The van der Waals surface area contributed by atoms with E-state index >= 15 is 0 Å². The zero-order chi connectivity index (χ0) is 21.8. The number of carbonyl (C=O) groups excluding carboxylic acids is 1. The minimum Gasteiger partial charge on any atom is -0.447 e. The van der Waals surface area contributed by atoms with Gasteiger partial charge in [0.05, 0.1) is 28.7 Å². The summed E-state index contributed by atoms with van der Waals surface area (Å²) in [6.45, 7) is -0.0706. The highest BCUT2D eigenvalue weighted by atomic mass is 19.4. The number of cyclic esters (lactones) is 1. The zero-order valence-corrected chi connectivity index (χ0v) is 15.6. The van der Waals surface area contributed by atoms with Crippen molar-refractivity contribution in [3.05, 3.63) is 66.4 Å². The number of alkyl halides is 3. The van der Waals surface area contributed by atoms with E-state index in [4.69, 9.17) is 4.74 Å². The summed E-state index contributed by atoms with van der Waals surface area (Å²) in [4.78, 5) is 20.8. The molecule has 1 aliphatic rings. The molecule has 31 heavy (non-hydrogen) atoms. The third kappa shape index (κ3) is 3.27. The Morgan fingerprint density at radius 1 is 1.13 bits per heavy atom. The normalized spacial score (nSPS) is 16.8. The van der Waals surface area contributed by atoms with Crippen molar-refractivity contribution < 1.29 is 27.1 Å². The standard InChI is InChI=1S/C20H13F4N5O2/c21-14-7-11(15-5-6-28(27-15)20(22,23)24)1-3-13(14)18-9-31-19(30)29(18)12-2-4-16-17(8-12)26-10-25-16/h1-8,10,18H,9H2,(H,25,26)/t18-/m1/s1. The number of hydrogen-bond acceptors (Lipinski definition) is 4. The highest BCUT2D eigenvalue weighted by Crippen LogP contribution is 2.36. The maximum atomic E-state index is 15.0. The molecule has 5 rings (SSSR count). The molecule has 2 aromatic heterocycles. The molecule has 11 heteroatoms. The number of rotatable bonds is 3. The molecule has 4 aromatic rings. The summed E-state index contributed by atoms with van der Waals surface area (Å²) >= 11 is 0. The van der Waals surface area contributed by atoms with Gasteiger partial charge in [-0.3, -0.25) is 4.90 Å². The minimum atomic E-state index is -4.66. The van der Waals surface area contributed by atoms with E-state index in [9.17, 15) is 22.4 Å². The Labute approximate surface area is 171 Å². The number of imidazole rings is 1. The van der Waals surface area contributed by atoms with E-state index in [2.05, 4.69) is 15.1 Å². The Bertz CT molecular complexity index is 1300. The monoisotopic (exact) mass is 431 g/mol. The van der Waals surface area contributed by atoms with Gasteiger partial charge in [-0.1, -0.05) is 12.1 Å². The maximum Gasteiger partial charge on any atom is 0.504 e. The third-order valence-corrected chi connectivity index (χ3v) is 5.06. The fourth-order valence-corrected chi connectivity index (χ4v) is 3.58. The van der Waals surface area contributed by atoms with E-state index in [0.717, 1.165) is 18.3 Å². The molecular weight excluding hydrogens is 418 g/mol. The van der Waals surface area contributed by atoms with Gasteiger partial charge in [-0.25, -0.2) is 14.2 Å². The van der Waals surface area contributed by atoms with Crippen LogP contribution in [-0.4, -0.2) is 32.4 Å². The van der Waals surface area contributed by atoms with Gasteiger partial charge in [-0.05, 0) is 30.3 Å². The molecule has 3 heterocycles. The third-order valence-electron chi connectivity index (χ3n) is 5.06. The minimum absolute atomic E-state index is 0.0249. The van der Waals surface area contributed by atoms with Crippen LogP contribution in [0.15, 0.2) is 55.0 Å². The molecule has 7 nitrogen and oxygen atoms in total. The summed E-state index contributed by atoms with van der Waals surface area (Å²) in [5, 5.41) is 3.44. The van der Waals surface area contributed by atoms with E-state index < -0.39 is 24.3 Å². The molecule has 0 radical (unpaired) electrons. The molecule has 1 amide bonds.